The molecule has 0 bridgehead atoms. The van der Waals surface area contributed by atoms with E-state index in [0.29, 0.717) is 0 Å². The van der Waals surface area contributed by atoms with E-state index in [2.05, 4.69) is 26.2 Å². The summed E-state index contributed by atoms with van der Waals surface area (Å²) < 4.78 is 0.916. The van der Waals surface area contributed by atoms with Crippen LogP contribution in [0.3, 0.4) is 0 Å². The van der Waals surface area contributed by atoms with E-state index in [1.807, 2.05) is 19.9 Å². The number of carboxylic acids is 1. The van der Waals surface area contributed by atoms with E-state index < -0.39 is 5.97 Å². The monoisotopic (exact) mass is 334 g/mol. The van der Waals surface area contributed by atoms with Gasteiger partial charge in [0.2, 0.25) is 0 Å². The Hall–Kier alpha value is -1.88. The van der Waals surface area contributed by atoms with Gasteiger partial charge in [-0.2, -0.15) is 0 Å². The number of anilines is 1. The van der Waals surface area contributed by atoms with Crippen molar-refractivity contribution in [2.75, 3.05) is 5.32 Å². The first-order valence-corrected chi connectivity index (χ1v) is 6.97. The van der Waals surface area contributed by atoms with Crippen molar-refractivity contribution in [3.63, 3.8) is 0 Å². The molecular weight excluding hydrogens is 320 g/mol. The Kier molecular flexibility index (Phi) is 4.39. The molecule has 20 heavy (non-hydrogen) atoms. The van der Waals surface area contributed by atoms with Gasteiger partial charge in [0.1, 0.15) is 0 Å². The van der Waals surface area contributed by atoms with E-state index in [-0.39, 0.29) is 11.6 Å². The molecule has 0 saturated heterocycles. The Morgan fingerprint density at radius 1 is 1.35 bits per heavy atom. The molecule has 0 spiro atoms. The summed E-state index contributed by atoms with van der Waals surface area (Å²) in [6.45, 7) is 3.95. The Balaban J connectivity index is 2.25. The van der Waals surface area contributed by atoms with Crippen LogP contribution in [-0.2, 0) is 0 Å². The molecule has 2 rings (SSSR count). The van der Waals surface area contributed by atoms with Crippen LogP contribution in [0.25, 0.3) is 0 Å². The molecule has 0 radical (unpaired) electrons. The van der Waals surface area contributed by atoms with Crippen LogP contribution >= 0.6 is 15.9 Å². The summed E-state index contributed by atoms with van der Waals surface area (Å²) in [4.78, 5) is 15.2. The predicted octanol–water partition coefficient (Wildman–Crippen LogP) is 4.02. The number of benzene rings is 1. The molecule has 2 N–H and O–H groups in total. The lowest BCUT2D eigenvalue weighted by atomic mass is 10.1. The van der Waals surface area contributed by atoms with E-state index in [0.717, 1.165) is 21.3 Å². The first-order chi connectivity index (χ1) is 9.47. The van der Waals surface area contributed by atoms with Gasteiger partial charge in [0.05, 0.1) is 11.6 Å². The van der Waals surface area contributed by atoms with Crippen molar-refractivity contribution in [2.24, 2.45) is 0 Å². The molecule has 1 atom stereocenters. The zero-order valence-electron chi connectivity index (χ0n) is 11.2. The highest BCUT2D eigenvalue weighted by Gasteiger charge is 2.10. The number of aryl methyl sites for hydroxylation is 1. The zero-order valence-corrected chi connectivity index (χ0v) is 12.8. The van der Waals surface area contributed by atoms with E-state index in [1.165, 1.54) is 0 Å². The van der Waals surface area contributed by atoms with E-state index in [9.17, 15) is 4.79 Å². The molecule has 0 saturated carbocycles. The number of nitrogens with zero attached hydrogens (tertiary/aromatic N) is 1. The maximum atomic E-state index is 11.0. The van der Waals surface area contributed by atoms with Crippen molar-refractivity contribution in [1.82, 2.24) is 4.98 Å². The highest BCUT2D eigenvalue weighted by Crippen LogP contribution is 2.24. The molecule has 5 heteroatoms. The third kappa shape index (κ3) is 3.36. The highest BCUT2D eigenvalue weighted by molar-refractivity contribution is 9.10. The highest BCUT2D eigenvalue weighted by atomic mass is 79.9. The Labute approximate surface area is 126 Å². The molecule has 2 aromatic rings. The minimum Gasteiger partial charge on any atom is -0.478 e. The smallest absolute Gasteiger partial charge is 0.335 e. The van der Waals surface area contributed by atoms with E-state index in [4.69, 9.17) is 5.11 Å². The number of aromatic carboxylic acids is 1. The summed E-state index contributed by atoms with van der Waals surface area (Å²) in [6.07, 6.45) is 3.52. The molecule has 0 aliphatic rings. The average molecular weight is 335 g/mol. The minimum absolute atomic E-state index is 0.0303. The summed E-state index contributed by atoms with van der Waals surface area (Å²) in [6, 6.07) is 7.08. The van der Waals surface area contributed by atoms with Crippen molar-refractivity contribution in [1.29, 1.82) is 0 Å². The lowest BCUT2D eigenvalue weighted by Gasteiger charge is -2.17. The number of carboxylic acid groups (broad SMARTS) is 1. The van der Waals surface area contributed by atoms with Gasteiger partial charge in [0.15, 0.2) is 0 Å². The molecule has 1 heterocycles. The van der Waals surface area contributed by atoms with Crippen LogP contribution in [0, 0.1) is 6.92 Å². The van der Waals surface area contributed by atoms with Crippen molar-refractivity contribution >= 4 is 27.6 Å². The molecule has 104 valence electrons. The number of rotatable bonds is 4. The fraction of sp³-hybridized carbons (Fsp3) is 0.200. The number of hydrogen-bond donors (Lipinski definition) is 2. The zero-order chi connectivity index (χ0) is 14.7. The first-order valence-electron chi connectivity index (χ1n) is 6.18. The Morgan fingerprint density at radius 3 is 2.75 bits per heavy atom. The normalized spacial score (nSPS) is 11.9. The second-order valence-corrected chi connectivity index (χ2v) is 5.55. The van der Waals surface area contributed by atoms with Crippen LogP contribution in [0.15, 0.2) is 41.1 Å². The van der Waals surface area contributed by atoms with Gasteiger partial charge in [-0.25, -0.2) is 4.79 Å². The number of nitrogens with one attached hydrogen (secondary N) is 1. The maximum absolute atomic E-state index is 11.0. The van der Waals surface area contributed by atoms with Crippen molar-refractivity contribution in [2.45, 2.75) is 19.9 Å². The number of pyridine rings is 1. The fourth-order valence-electron chi connectivity index (χ4n) is 1.89. The molecule has 0 amide bonds. The molecular formula is C15H15BrN2O2. The van der Waals surface area contributed by atoms with Gasteiger partial charge >= 0.3 is 5.97 Å². The number of carbonyl (C=O) groups is 1. The largest absolute Gasteiger partial charge is 0.478 e. The Morgan fingerprint density at radius 2 is 2.10 bits per heavy atom. The van der Waals surface area contributed by atoms with Crippen LogP contribution in [0.4, 0.5) is 5.69 Å². The molecule has 0 aliphatic carbocycles. The van der Waals surface area contributed by atoms with Crippen molar-refractivity contribution < 1.29 is 9.90 Å². The second kappa shape index (κ2) is 6.05. The van der Waals surface area contributed by atoms with E-state index >= 15 is 0 Å². The first kappa shape index (κ1) is 14.5. The topological polar surface area (TPSA) is 62.2 Å². The second-order valence-electron chi connectivity index (χ2n) is 4.64. The molecule has 1 aromatic carbocycles. The lowest BCUT2D eigenvalue weighted by molar-refractivity contribution is 0.0697. The van der Waals surface area contributed by atoms with Crippen LogP contribution in [0.5, 0.6) is 0 Å². The summed E-state index contributed by atoms with van der Waals surface area (Å²) in [7, 11) is 0. The molecule has 0 fully saturated rings. The van der Waals surface area contributed by atoms with Crippen LogP contribution < -0.4 is 5.32 Å². The number of hydrogen-bond acceptors (Lipinski definition) is 3. The van der Waals surface area contributed by atoms with E-state index in [1.54, 1.807) is 30.6 Å². The minimum atomic E-state index is -0.926. The molecule has 1 aromatic heterocycles. The standard InChI is InChI=1S/C15H15BrN2O2/c1-9-3-4-11(15(19)20)6-14(9)18-10(2)12-5-13(16)8-17-7-12/h3-8,10,18H,1-2H3,(H,19,20)/t10-/m1/s1. The summed E-state index contributed by atoms with van der Waals surface area (Å²) in [5, 5.41) is 12.4. The van der Waals surface area contributed by atoms with Crippen LogP contribution in [0.1, 0.15) is 34.5 Å². The predicted molar refractivity (Wildman–Crippen MR) is 82.1 cm³/mol. The average Bonchev–Trinajstić information content (AvgIpc) is 2.41. The molecule has 0 aliphatic heterocycles. The SMILES string of the molecule is Cc1ccc(C(=O)O)cc1N[C@H](C)c1cncc(Br)c1. The van der Waals surface area contributed by atoms with Gasteiger partial charge < -0.3 is 10.4 Å². The van der Waals surface area contributed by atoms with Gasteiger partial charge in [-0.1, -0.05) is 6.07 Å². The quantitative estimate of drug-likeness (QED) is 0.886. The summed E-state index contributed by atoms with van der Waals surface area (Å²) >= 11 is 3.39. The number of halogens is 1. The van der Waals surface area contributed by atoms with Gasteiger partial charge in [0.25, 0.3) is 0 Å². The lowest BCUT2D eigenvalue weighted by Crippen LogP contribution is -2.09. The number of aromatic nitrogens is 1. The van der Waals surface area contributed by atoms with Gasteiger partial charge in [-0.05, 0) is 59.1 Å². The Bertz CT molecular complexity index is 644. The van der Waals surface area contributed by atoms with Gasteiger partial charge in [-0.15, -0.1) is 0 Å². The fourth-order valence-corrected chi connectivity index (χ4v) is 2.27. The molecule has 0 unspecified atom stereocenters. The summed E-state index contributed by atoms with van der Waals surface area (Å²) in [5.74, 6) is -0.926. The maximum Gasteiger partial charge on any atom is 0.335 e. The molecule has 4 nitrogen and oxygen atoms in total. The van der Waals surface area contributed by atoms with Crippen LogP contribution in [0.2, 0.25) is 0 Å². The third-order valence-electron chi connectivity index (χ3n) is 3.08. The van der Waals surface area contributed by atoms with Gasteiger partial charge in [-0.3, -0.25) is 4.98 Å². The van der Waals surface area contributed by atoms with Crippen LogP contribution in [-0.4, -0.2) is 16.1 Å². The summed E-state index contributed by atoms with van der Waals surface area (Å²) in [5.41, 5.74) is 3.12. The van der Waals surface area contributed by atoms with Crippen molar-refractivity contribution in [3.8, 4) is 0 Å². The van der Waals surface area contributed by atoms with Gasteiger partial charge in [0, 0.05) is 22.6 Å². The van der Waals surface area contributed by atoms with Crippen molar-refractivity contribution in [3.05, 3.63) is 57.8 Å². The third-order valence-corrected chi connectivity index (χ3v) is 3.52.